The fraction of sp³-hybridized carbons (Fsp3) is 0.364. The second-order valence-corrected chi connectivity index (χ2v) is 4.00. The Kier molecular flexibility index (Phi) is 4.09. The van der Waals surface area contributed by atoms with Crippen molar-refractivity contribution in [3.8, 4) is 0 Å². The van der Waals surface area contributed by atoms with E-state index in [0.717, 1.165) is 0 Å². The minimum Gasteiger partial charge on any atom is -0.0622 e. The van der Waals surface area contributed by atoms with Gasteiger partial charge >= 0.3 is 0 Å². The average molecular weight is 179 g/mol. The maximum atomic E-state index is 2.20. The van der Waals surface area contributed by atoms with E-state index in [0.29, 0.717) is 0 Å². The van der Waals surface area contributed by atoms with Gasteiger partial charge in [0.05, 0.1) is 18.7 Å². The highest BCUT2D eigenvalue weighted by Gasteiger charge is 2.10. The van der Waals surface area contributed by atoms with Crippen LogP contribution in [0.3, 0.4) is 0 Å². The highest BCUT2D eigenvalue weighted by molar-refractivity contribution is 8.01. The molecule has 0 aliphatic heterocycles. The summed E-state index contributed by atoms with van der Waals surface area (Å²) in [4.78, 5) is 0. The molecule has 1 rings (SSSR count). The fourth-order valence-corrected chi connectivity index (χ4v) is 1.37. The molecule has 0 bridgehead atoms. The van der Waals surface area contributed by atoms with E-state index in [1.165, 1.54) is 23.7 Å². The molecule has 0 nitrogen and oxygen atoms in total. The summed E-state index contributed by atoms with van der Waals surface area (Å²) >= 11 is 1.86. The molecule has 1 aromatic rings. The van der Waals surface area contributed by atoms with Gasteiger partial charge in [0.15, 0.2) is 5.25 Å². The lowest BCUT2D eigenvalue weighted by atomic mass is 10.1. The Labute approximate surface area is 79.4 Å². The van der Waals surface area contributed by atoms with Gasteiger partial charge in [-0.3, -0.25) is 0 Å². The molecule has 0 atom stereocenters. The molecule has 0 aliphatic carbocycles. The molecule has 0 spiro atoms. The van der Waals surface area contributed by atoms with Crippen molar-refractivity contribution >= 4 is 11.8 Å². The SMILES string of the molecule is CS[C+](C)CCc1ccccc1. The maximum Gasteiger partial charge on any atom is 0.154 e. The Bertz CT molecular complexity index is 206. The smallest absolute Gasteiger partial charge is 0.0622 e. The summed E-state index contributed by atoms with van der Waals surface area (Å²) < 4.78 is 0. The second-order valence-electron chi connectivity index (χ2n) is 2.89. The van der Waals surface area contributed by atoms with E-state index in [1.54, 1.807) is 0 Å². The summed E-state index contributed by atoms with van der Waals surface area (Å²) in [5, 5.41) is 1.51. The van der Waals surface area contributed by atoms with Crippen LogP contribution in [0.1, 0.15) is 18.9 Å². The van der Waals surface area contributed by atoms with Gasteiger partial charge in [0, 0.05) is 12.7 Å². The van der Waals surface area contributed by atoms with Crippen LogP contribution in [0.5, 0.6) is 0 Å². The molecule has 0 heterocycles. The van der Waals surface area contributed by atoms with E-state index < -0.39 is 0 Å². The van der Waals surface area contributed by atoms with E-state index in [4.69, 9.17) is 0 Å². The summed E-state index contributed by atoms with van der Waals surface area (Å²) in [6, 6.07) is 10.6. The number of aryl methyl sites for hydroxylation is 1. The lowest BCUT2D eigenvalue weighted by Crippen LogP contribution is -1.89. The first-order chi connectivity index (χ1) is 5.83. The summed E-state index contributed by atoms with van der Waals surface area (Å²) in [5.74, 6) is 0. The molecule has 0 fully saturated rings. The lowest BCUT2D eigenvalue weighted by molar-refractivity contribution is 0.914. The molecule has 1 aromatic carbocycles. The Morgan fingerprint density at radius 2 is 1.92 bits per heavy atom. The number of thioether (sulfide) groups is 1. The van der Waals surface area contributed by atoms with E-state index in [-0.39, 0.29) is 0 Å². The molecular weight excluding hydrogens is 164 g/mol. The van der Waals surface area contributed by atoms with Gasteiger partial charge in [-0.25, -0.2) is 0 Å². The van der Waals surface area contributed by atoms with Crippen molar-refractivity contribution in [2.75, 3.05) is 6.26 Å². The normalized spacial score (nSPS) is 9.83. The second kappa shape index (κ2) is 5.15. The van der Waals surface area contributed by atoms with E-state index in [2.05, 4.69) is 43.5 Å². The molecule has 0 aromatic heterocycles. The van der Waals surface area contributed by atoms with Crippen molar-refractivity contribution < 1.29 is 0 Å². The molecule has 0 N–H and O–H groups in total. The molecule has 0 aliphatic rings. The van der Waals surface area contributed by atoms with Crippen LogP contribution in [-0.4, -0.2) is 6.26 Å². The van der Waals surface area contributed by atoms with Crippen molar-refractivity contribution in [2.24, 2.45) is 0 Å². The van der Waals surface area contributed by atoms with Gasteiger partial charge in [0.2, 0.25) is 0 Å². The van der Waals surface area contributed by atoms with Crippen LogP contribution in [0.4, 0.5) is 0 Å². The molecule has 1 heteroatoms. The zero-order valence-electron chi connectivity index (χ0n) is 7.71. The molecule has 0 unspecified atom stereocenters. The predicted molar refractivity (Wildman–Crippen MR) is 57.2 cm³/mol. The first kappa shape index (κ1) is 9.53. The zero-order valence-corrected chi connectivity index (χ0v) is 8.53. The van der Waals surface area contributed by atoms with Crippen molar-refractivity contribution in [3.05, 3.63) is 41.1 Å². The van der Waals surface area contributed by atoms with Gasteiger partial charge in [-0.2, -0.15) is 0 Å². The quantitative estimate of drug-likeness (QED) is 0.637. The van der Waals surface area contributed by atoms with Crippen molar-refractivity contribution in [2.45, 2.75) is 19.8 Å². The van der Waals surface area contributed by atoms with Crippen molar-refractivity contribution in [3.63, 3.8) is 0 Å². The van der Waals surface area contributed by atoms with Crippen LogP contribution in [0.15, 0.2) is 30.3 Å². The largest absolute Gasteiger partial charge is 0.154 e. The molecule has 12 heavy (non-hydrogen) atoms. The number of rotatable bonds is 4. The third-order valence-electron chi connectivity index (χ3n) is 1.96. The third-order valence-corrected chi connectivity index (χ3v) is 2.86. The first-order valence-corrected chi connectivity index (χ1v) is 5.45. The Hall–Kier alpha value is -0.560. The Morgan fingerprint density at radius 1 is 1.25 bits per heavy atom. The summed E-state index contributed by atoms with van der Waals surface area (Å²) in [6.07, 6.45) is 4.51. The molecule has 0 saturated heterocycles. The molecule has 0 radical (unpaired) electrons. The van der Waals surface area contributed by atoms with Crippen molar-refractivity contribution in [1.29, 1.82) is 0 Å². The minimum absolute atomic E-state index is 1.17. The highest BCUT2D eigenvalue weighted by atomic mass is 32.2. The topological polar surface area (TPSA) is 0 Å². The maximum absolute atomic E-state index is 2.20. The Morgan fingerprint density at radius 3 is 2.50 bits per heavy atom. The summed E-state index contributed by atoms with van der Waals surface area (Å²) in [6.45, 7) is 2.20. The van der Waals surface area contributed by atoms with Gasteiger partial charge in [0.25, 0.3) is 0 Å². The lowest BCUT2D eigenvalue weighted by Gasteiger charge is -1.97. The van der Waals surface area contributed by atoms with Crippen LogP contribution in [-0.2, 0) is 6.42 Å². The Balaban J connectivity index is 2.33. The molecule has 0 saturated carbocycles. The number of benzene rings is 1. The summed E-state index contributed by atoms with van der Waals surface area (Å²) in [5.41, 5.74) is 1.44. The minimum atomic E-state index is 1.17. The van der Waals surface area contributed by atoms with E-state index >= 15 is 0 Å². The van der Waals surface area contributed by atoms with Gasteiger partial charge < -0.3 is 0 Å². The fourth-order valence-electron chi connectivity index (χ4n) is 1.07. The summed E-state index contributed by atoms with van der Waals surface area (Å²) in [7, 11) is 0. The number of hydrogen-bond acceptors (Lipinski definition) is 1. The third kappa shape index (κ3) is 3.22. The predicted octanol–water partition coefficient (Wildman–Crippen LogP) is 3.53. The number of hydrogen-bond donors (Lipinski definition) is 0. The van der Waals surface area contributed by atoms with Gasteiger partial charge in [-0.05, 0) is 5.56 Å². The van der Waals surface area contributed by atoms with Gasteiger partial charge in [0.1, 0.15) is 6.42 Å². The van der Waals surface area contributed by atoms with E-state index in [1.807, 2.05) is 11.8 Å². The van der Waals surface area contributed by atoms with Crippen LogP contribution < -0.4 is 0 Å². The van der Waals surface area contributed by atoms with Gasteiger partial charge in [-0.15, -0.1) is 0 Å². The van der Waals surface area contributed by atoms with Crippen molar-refractivity contribution in [1.82, 2.24) is 0 Å². The van der Waals surface area contributed by atoms with Crippen LogP contribution >= 0.6 is 11.8 Å². The monoisotopic (exact) mass is 179 g/mol. The highest BCUT2D eigenvalue weighted by Crippen LogP contribution is 2.20. The first-order valence-electron chi connectivity index (χ1n) is 4.23. The van der Waals surface area contributed by atoms with Crippen LogP contribution in [0, 0.1) is 5.25 Å². The molecule has 64 valence electrons. The molecule has 0 amide bonds. The van der Waals surface area contributed by atoms with Gasteiger partial charge in [-0.1, -0.05) is 30.3 Å². The standard InChI is InChI=1S/C11H15S/c1-10(12-2)8-9-11-6-4-3-5-7-11/h3-7H,8-9H2,1-2H3/q+1. The average Bonchev–Trinajstić information content (AvgIpc) is 2.16. The zero-order chi connectivity index (χ0) is 8.81. The molecular formula is C11H15S+. The van der Waals surface area contributed by atoms with E-state index in [9.17, 15) is 0 Å². The van der Waals surface area contributed by atoms with Crippen LogP contribution in [0.2, 0.25) is 0 Å². The van der Waals surface area contributed by atoms with Crippen LogP contribution in [0.25, 0.3) is 0 Å².